The van der Waals surface area contributed by atoms with Crippen LogP contribution in [0.15, 0.2) is 84.6 Å². The Hall–Kier alpha value is -7.82. The molecule has 5 N–H and O–H groups in total. The summed E-state index contributed by atoms with van der Waals surface area (Å²) < 4.78 is 83.9. The smallest absolute Gasteiger partial charge is 0.332 e. The maximum Gasteiger partial charge on any atom is 0.332 e. The van der Waals surface area contributed by atoms with Gasteiger partial charge in [0.05, 0.1) is 39.9 Å². The lowest BCUT2D eigenvalue weighted by molar-refractivity contribution is -0.154. The first-order valence-corrected chi connectivity index (χ1v) is 32.4. The Labute approximate surface area is 523 Å². The molecule has 22 nitrogen and oxygen atoms in total. The number of carbonyl (C=O) groups is 6. The topological polar surface area (TPSA) is 269 Å². The van der Waals surface area contributed by atoms with Gasteiger partial charge in [0.25, 0.3) is 0 Å². The van der Waals surface area contributed by atoms with Crippen molar-refractivity contribution in [3.05, 3.63) is 119 Å². The number of H-pyrrole nitrogens is 1. The molecular weight excluding hydrogens is 1210 g/mol. The van der Waals surface area contributed by atoms with Crippen LogP contribution in [0, 0.1) is 29.9 Å². The van der Waals surface area contributed by atoms with Crippen LogP contribution in [-0.2, 0) is 43.7 Å². The van der Waals surface area contributed by atoms with Crippen LogP contribution in [0.4, 0.5) is 24.5 Å². The van der Waals surface area contributed by atoms with E-state index in [4.69, 9.17) is 14.6 Å². The minimum Gasteiger partial charge on any atom is -0.480 e. The fourth-order valence-corrected chi connectivity index (χ4v) is 14.2. The monoisotopic (exact) mass is 1280 g/mol. The summed E-state index contributed by atoms with van der Waals surface area (Å²) in [5.74, 6) is -6.32. The van der Waals surface area contributed by atoms with Gasteiger partial charge in [-0.1, -0.05) is 57.2 Å². The number of fused-ring (bicyclic) bond motifs is 1. The van der Waals surface area contributed by atoms with Crippen molar-refractivity contribution in [3.63, 3.8) is 0 Å². The van der Waals surface area contributed by atoms with E-state index in [9.17, 15) is 41.6 Å². The van der Waals surface area contributed by atoms with Gasteiger partial charge >= 0.3 is 22.1 Å². The predicted octanol–water partition coefficient (Wildman–Crippen LogP) is 6.73. The summed E-state index contributed by atoms with van der Waals surface area (Å²) in [4.78, 5) is 101. The Balaban J connectivity index is 0.687. The number of ether oxygens (including phenoxy) is 2. The summed E-state index contributed by atoms with van der Waals surface area (Å²) in [5.41, 5.74) is 4.57. The summed E-state index contributed by atoms with van der Waals surface area (Å²) in [5, 5.41) is 15.3. The number of aromatic nitrogens is 3. The second kappa shape index (κ2) is 28.1. The summed E-state index contributed by atoms with van der Waals surface area (Å²) in [6.07, 6.45) is 4.30. The standard InChI is InChI=1S/C63H74F3N11O11S2/c1-38-58(89-37-69-38)42-9-7-41(8-10-42)50(34-88-54(81)36-87-35-53(79)80)70-61(83)51-6-5-20-77(51)62(84)59(63(2,3)4)71-52(78)33-73-21-17-39(18-22-73)31-74-24-26-75(27-25-74)45-13-11-40(12-14-45)43-28-46-47(30-68-60(46)67-29-43)57(82)55-48(65)15-16-49(56(55)66)72-90(85,86)76-23-19-44(64)32-76/h7-16,28-30,37,39,44,50-51,59,72H,5-6,17-27,31-36H2,1-4H3,(H,67,68)(H,70,83)(H,71,78)(H,79,80)/t44-,50+,51+,59?/m1/s1. The van der Waals surface area contributed by atoms with E-state index in [0.29, 0.717) is 47.5 Å². The van der Waals surface area contributed by atoms with Crippen molar-refractivity contribution in [2.45, 2.75) is 84.1 Å². The van der Waals surface area contributed by atoms with E-state index in [1.165, 1.54) is 22.4 Å². The number of carbonyl (C=O) groups excluding carboxylic acids is 5. The van der Waals surface area contributed by atoms with Gasteiger partial charge in [-0.2, -0.15) is 12.7 Å². The largest absolute Gasteiger partial charge is 0.480 e. The van der Waals surface area contributed by atoms with Crippen LogP contribution in [0.5, 0.6) is 0 Å². The number of carboxylic acids is 1. The number of amides is 3. The van der Waals surface area contributed by atoms with E-state index in [-0.39, 0.29) is 43.5 Å². The normalized spacial score (nSPS) is 18.8. The van der Waals surface area contributed by atoms with Crippen LogP contribution < -0.4 is 20.3 Å². The van der Waals surface area contributed by atoms with Gasteiger partial charge in [0.1, 0.15) is 49.5 Å². The lowest BCUT2D eigenvalue weighted by Crippen LogP contribution is -2.59. The summed E-state index contributed by atoms with van der Waals surface area (Å²) in [6.45, 7) is 11.6. The number of pyridine rings is 1. The van der Waals surface area contributed by atoms with E-state index in [1.807, 2.05) is 80.9 Å². The highest BCUT2D eigenvalue weighted by atomic mass is 32.2. The minimum atomic E-state index is -4.39. The fraction of sp³-hybridized carbons (Fsp3) is 0.460. The van der Waals surface area contributed by atoms with Crippen LogP contribution in [0.3, 0.4) is 0 Å². The van der Waals surface area contributed by atoms with E-state index in [2.05, 4.69) is 40.3 Å². The summed E-state index contributed by atoms with van der Waals surface area (Å²) in [6, 6.07) is 16.1. The van der Waals surface area contributed by atoms with Crippen molar-refractivity contribution in [1.29, 1.82) is 0 Å². The number of aryl methyl sites for hydroxylation is 1. The lowest BCUT2D eigenvalue weighted by Gasteiger charge is -2.40. The number of nitrogens with one attached hydrogen (secondary N) is 4. The number of anilines is 2. The number of hydrogen-bond donors (Lipinski definition) is 5. The van der Waals surface area contributed by atoms with Gasteiger partial charge in [0.2, 0.25) is 23.5 Å². The number of aliphatic carboxylic acids is 1. The molecule has 10 rings (SSSR count). The predicted molar refractivity (Wildman–Crippen MR) is 331 cm³/mol. The highest BCUT2D eigenvalue weighted by Crippen LogP contribution is 2.34. The average Bonchev–Trinajstić information content (AvgIpc) is 1.58. The molecule has 4 fully saturated rings. The van der Waals surface area contributed by atoms with E-state index in [1.54, 1.807) is 17.8 Å². The van der Waals surface area contributed by atoms with Crippen LogP contribution in [0.25, 0.3) is 32.6 Å². The van der Waals surface area contributed by atoms with Gasteiger partial charge in [0.15, 0.2) is 5.82 Å². The molecule has 7 heterocycles. The number of halogens is 3. The van der Waals surface area contributed by atoms with Gasteiger partial charge in [0, 0.05) is 87.0 Å². The second-order valence-electron chi connectivity index (χ2n) is 24.4. The third-order valence-electron chi connectivity index (χ3n) is 17.0. The summed E-state index contributed by atoms with van der Waals surface area (Å²) >= 11 is 1.49. The molecule has 27 heteroatoms. The molecule has 3 aromatic heterocycles. The fourth-order valence-electron chi connectivity index (χ4n) is 12.1. The van der Waals surface area contributed by atoms with E-state index >= 15 is 8.78 Å². The molecule has 0 aliphatic carbocycles. The van der Waals surface area contributed by atoms with Gasteiger partial charge in [-0.3, -0.25) is 33.7 Å². The number of nitrogens with zero attached hydrogens (tertiary/aromatic N) is 7. The molecule has 0 bridgehead atoms. The van der Waals surface area contributed by atoms with E-state index < -0.39 is 106 Å². The van der Waals surface area contributed by atoms with Gasteiger partial charge in [-0.25, -0.2) is 32.7 Å². The number of aromatic amines is 1. The number of ketones is 1. The zero-order valence-electron chi connectivity index (χ0n) is 50.5. The SMILES string of the molecule is Cc1ncsc1-c1ccc([C@H](COC(=O)COCC(=O)O)NC(=O)[C@@H]2CCCN2C(=O)C(NC(=O)CN2CCC(CN3CCN(c4ccc(-c5cnc6[nH]cc(C(=O)c7c(F)ccc(NS(=O)(=O)N8CC[C@@H](F)C8)c7F)c6c5)cc4)CC3)CC2)C(C)(C)C)cc1. The van der Waals surface area contributed by atoms with Crippen LogP contribution in [0.2, 0.25) is 0 Å². The Bertz CT molecular complexity index is 3720. The quantitative estimate of drug-likeness (QED) is 0.0329. The van der Waals surface area contributed by atoms with Crippen molar-refractivity contribution in [3.8, 4) is 21.6 Å². The average molecular weight is 1280 g/mol. The molecule has 90 heavy (non-hydrogen) atoms. The second-order valence-corrected chi connectivity index (χ2v) is 26.9. The highest BCUT2D eigenvalue weighted by molar-refractivity contribution is 7.90. The van der Waals surface area contributed by atoms with Crippen molar-refractivity contribution >= 4 is 79.4 Å². The molecule has 3 amide bonds. The third kappa shape index (κ3) is 15.5. The maximum atomic E-state index is 15.9. The Kier molecular flexibility index (Phi) is 20.4. The first-order chi connectivity index (χ1) is 43.0. The molecular formula is C63H74F3N11O11S2. The maximum absolute atomic E-state index is 15.9. The number of esters is 1. The molecule has 480 valence electrons. The summed E-state index contributed by atoms with van der Waals surface area (Å²) in [7, 11) is -4.39. The number of likely N-dealkylation sites (tertiary alicyclic amines) is 2. The molecule has 0 radical (unpaired) electrons. The first-order valence-electron chi connectivity index (χ1n) is 30.1. The third-order valence-corrected chi connectivity index (χ3v) is 19.5. The Morgan fingerprint density at radius 1 is 0.833 bits per heavy atom. The van der Waals surface area contributed by atoms with Crippen molar-refractivity contribution in [1.82, 2.24) is 44.6 Å². The first kappa shape index (κ1) is 65.1. The van der Waals surface area contributed by atoms with Crippen LogP contribution in [0.1, 0.15) is 86.1 Å². The molecule has 4 aliphatic rings. The molecule has 1 unspecified atom stereocenters. The molecule has 6 aromatic rings. The van der Waals surface area contributed by atoms with Crippen molar-refractivity contribution in [2.24, 2.45) is 11.3 Å². The number of rotatable bonds is 23. The number of piperidine rings is 1. The number of alkyl halides is 1. The van der Waals surface area contributed by atoms with Gasteiger partial charge in [-0.15, -0.1) is 11.3 Å². The number of piperazine rings is 1. The zero-order valence-corrected chi connectivity index (χ0v) is 52.1. The van der Waals surface area contributed by atoms with E-state index in [0.717, 1.165) is 102 Å². The lowest BCUT2D eigenvalue weighted by atomic mass is 9.85. The number of benzene rings is 3. The van der Waals surface area contributed by atoms with Crippen molar-refractivity contribution < 1.29 is 64.9 Å². The molecule has 0 spiro atoms. The van der Waals surface area contributed by atoms with Gasteiger partial charge in [-0.05, 0) is 110 Å². The number of carboxylic acid groups (broad SMARTS) is 1. The molecule has 0 saturated carbocycles. The van der Waals surface area contributed by atoms with Gasteiger partial charge < -0.3 is 40.0 Å². The van der Waals surface area contributed by atoms with Crippen LogP contribution >= 0.6 is 11.3 Å². The zero-order chi connectivity index (χ0) is 64.0. The molecule has 3 aromatic carbocycles. The molecule has 4 aliphatic heterocycles. The Morgan fingerprint density at radius 2 is 1.56 bits per heavy atom. The number of hydrogen-bond acceptors (Lipinski definition) is 16. The Morgan fingerprint density at radius 3 is 2.22 bits per heavy atom. The van der Waals surface area contributed by atoms with Crippen molar-refractivity contribution in [2.75, 3.05) is 101 Å². The van der Waals surface area contributed by atoms with Crippen LogP contribution in [-0.4, -0.2) is 193 Å². The highest BCUT2D eigenvalue weighted by Gasteiger charge is 2.43. The molecule has 4 atom stereocenters. The number of thiazole rings is 1. The molecule has 4 saturated heterocycles. The minimum absolute atomic E-state index is 0.0129.